The van der Waals surface area contributed by atoms with E-state index in [9.17, 15) is 19.8 Å². The summed E-state index contributed by atoms with van der Waals surface area (Å²) in [4.78, 5) is 24.5. The first-order chi connectivity index (χ1) is 32.5. The van der Waals surface area contributed by atoms with E-state index in [0.29, 0.717) is 19.4 Å². The Labute approximate surface area is 411 Å². The monoisotopic (exact) mass is 928 g/mol. The van der Waals surface area contributed by atoms with Gasteiger partial charge in [0.1, 0.15) is 0 Å². The number of esters is 1. The number of ether oxygens (including phenoxy) is 1. The van der Waals surface area contributed by atoms with Gasteiger partial charge in [0.2, 0.25) is 5.91 Å². The van der Waals surface area contributed by atoms with Crippen molar-refractivity contribution in [2.75, 3.05) is 13.2 Å². The van der Waals surface area contributed by atoms with Crippen LogP contribution in [0.1, 0.15) is 309 Å². The van der Waals surface area contributed by atoms with Crippen LogP contribution in [0.2, 0.25) is 0 Å². The zero-order valence-electron chi connectivity index (χ0n) is 44.2. The lowest BCUT2D eigenvalue weighted by atomic mass is 10.0. The highest BCUT2D eigenvalue weighted by Crippen LogP contribution is 2.17. The predicted molar refractivity (Wildman–Crippen MR) is 287 cm³/mol. The molecular weight excluding hydrogens is 815 g/mol. The molecule has 66 heavy (non-hydrogen) atoms. The summed E-state index contributed by atoms with van der Waals surface area (Å²) in [5.74, 6) is -0.106. The standard InChI is InChI=1S/C60H113NO5/c1-3-5-7-9-11-13-15-17-28-32-36-40-44-48-52-58(63)57(56-62)61-59(64)53-49-45-41-37-33-29-26-24-22-20-19-21-23-25-27-31-35-39-43-47-51-55-66-60(65)54-50-46-42-38-34-30-18-16-14-12-10-8-6-4-2/h31,35,43,47-48,52,57-58,62-63H,3-30,32-34,36-42,44-46,49-51,53-56H2,1-2H3,(H,61,64)/b35-31-,47-43-,52-48+. The molecule has 3 N–H and O–H groups in total. The van der Waals surface area contributed by atoms with Crippen molar-refractivity contribution in [2.45, 2.75) is 321 Å². The van der Waals surface area contributed by atoms with Gasteiger partial charge in [-0.3, -0.25) is 9.59 Å². The van der Waals surface area contributed by atoms with Crippen LogP contribution < -0.4 is 5.32 Å². The third-order valence-electron chi connectivity index (χ3n) is 13.4. The fourth-order valence-corrected chi connectivity index (χ4v) is 8.94. The molecule has 0 aliphatic carbocycles. The SMILES string of the molecule is CCCCCCCCCCCCCC/C=C/C(O)C(CO)NC(=O)CCCCCCCCCCCCCCCC/C=C\C/C=C\CCOC(=O)CCCCCCCCCCCCCCCC. The van der Waals surface area contributed by atoms with Crippen molar-refractivity contribution in [1.82, 2.24) is 5.32 Å². The van der Waals surface area contributed by atoms with Crippen LogP contribution in [0, 0.1) is 0 Å². The third-order valence-corrected chi connectivity index (χ3v) is 13.4. The molecule has 0 bridgehead atoms. The lowest BCUT2D eigenvalue weighted by Gasteiger charge is -2.20. The molecule has 0 aliphatic rings. The number of aliphatic hydroxyl groups is 2. The van der Waals surface area contributed by atoms with Crippen molar-refractivity contribution in [3.8, 4) is 0 Å². The third kappa shape index (κ3) is 51.5. The van der Waals surface area contributed by atoms with Gasteiger partial charge in [0.15, 0.2) is 0 Å². The van der Waals surface area contributed by atoms with E-state index in [-0.39, 0.29) is 18.5 Å². The molecule has 0 aliphatic heterocycles. The van der Waals surface area contributed by atoms with Crippen LogP contribution in [0.15, 0.2) is 36.5 Å². The summed E-state index contributed by atoms with van der Waals surface area (Å²) in [7, 11) is 0. The highest BCUT2D eigenvalue weighted by atomic mass is 16.5. The van der Waals surface area contributed by atoms with Crippen molar-refractivity contribution in [3.63, 3.8) is 0 Å². The van der Waals surface area contributed by atoms with E-state index in [1.807, 2.05) is 6.08 Å². The number of nitrogens with one attached hydrogen (secondary N) is 1. The lowest BCUT2D eigenvalue weighted by molar-refractivity contribution is -0.143. The number of allylic oxidation sites excluding steroid dienone is 4. The van der Waals surface area contributed by atoms with E-state index < -0.39 is 12.1 Å². The molecule has 0 rings (SSSR count). The molecule has 6 nitrogen and oxygen atoms in total. The van der Waals surface area contributed by atoms with Crippen molar-refractivity contribution < 1.29 is 24.5 Å². The van der Waals surface area contributed by atoms with E-state index in [1.165, 1.54) is 231 Å². The average molecular weight is 929 g/mol. The summed E-state index contributed by atoms with van der Waals surface area (Å²) in [6.07, 6.45) is 69.0. The number of amides is 1. The van der Waals surface area contributed by atoms with Crippen LogP contribution in [0.25, 0.3) is 0 Å². The fraction of sp³-hybridized carbons (Fsp3) is 0.867. The van der Waals surface area contributed by atoms with Crippen molar-refractivity contribution >= 4 is 11.9 Å². The number of carbonyl (C=O) groups is 2. The van der Waals surface area contributed by atoms with E-state index >= 15 is 0 Å². The molecule has 1 amide bonds. The minimum absolute atomic E-state index is 0.0338. The molecule has 0 fully saturated rings. The summed E-state index contributed by atoms with van der Waals surface area (Å²) in [5.41, 5.74) is 0. The zero-order chi connectivity index (χ0) is 47.9. The van der Waals surface area contributed by atoms with Crippen molar-refractivity contribution in [2.24, 2.45) is 0 Å². The second-order valence-electron chi connectivity index (χ2n) is 20.0. The molecule has 0 radical (unpaired) electrons. The van der Waals surface area contributed by atoms with Gasteiger partial charge in [0.25, 0.3) is 0 Å². The molecule has 388 valence electrons. The number of aliphatic hydroxyl groups excluding tert-OH is 2. The summed E-state index contributed by atoms with van der Waals surface area (Å²) in [6, 6.07) is -0.631. The van der Waals surface area contributed by atoms with Gasteiger partial charge < -0.3 is 20.3 Å². The molecule has 2 unspecified atom stereocenters. The Morgan fingerprint density at radius 2 is 0.758 bits per heavy atom. The zero-order valence-corrected chi connectivity index (χ0v) is 44.2. The van der Waals surface area contributed by atoms with Gasteiger partial charge >= 0.3 is 5.97 Å². The van der Waals surface area contributed by atoms with Crippen LogP contribution in [0.5, 0.6) is 0 Å². The maximum absolute atomic E-state index is 12.4. The summed E-state index contributed by atoms with van der Waals surface area (Å²) >= 11 is 0. The van der Waals surface area contributed by atoms with Gasteiger partial charge in [-0.25, -0.2) is 0 Å². The smallest absolute Gasteiger partial charge is 0.305 e. The molecule has 0 heterocycles. The van der Waals surface area contributed by atoms with Gasteiger partial charge in [-0.15, -0.1) is 0 Å². The van der Waals surface area contributed by atoms with Gasteiger partial charge in [-0.2, -0.15) is 0 Å². The molecule has 6 heteroatoms. The van der Waals surface area contributed by atoms with Gasteiger partial charge in [0, 0.05) is 12.8 Å². The maximum atomic E-state index is 12.4. The first-order valence-corrected chi connectivity index (χ1v) is 29.3. The van der Waals surface area contributed by atoms with E-state index in [4.69, 9.17) is 4.74 Å². The van der Waals surface area contributed by atoms with Crippen LogP contribution in [-0.2, 0) is 14.3 Å². The van der Waals surface area contributed by atoms with E-state index in [2.05, 4.69) is 43.5 Å². The number of unbranched alkanes of at least 4 members (excludes halogenated alkanes) is 39. The molecule has 2 atom stereocenters. The Bertz CT molecular complexity index is 1070. The number of carbonyl (C=O) groups excluding carboxylic acids is 2. The quantitative estimate of drug-likeness (QED) is 0.0321. The van der Waals surface area contributed by atoms with Crippen molar-refractivity contribution in [1.29, 1.82) is 0 Å². The maximum Gasteiger partial charge on any atom is 0.305 e. The molecule has 0 saturated carbocycles. The number of hydrogen-bond donors (Lipinski definition) is 3. The Hall–Kier alpha value is -1.92. The largest absolute Gasteiger partial charge is 0.465 e. The normalized spacial score (nSPS) is 12.8. The van der Waals surface area contributed by atoms with E-state index in [1.54, 1.807) is 6.08 Å². The fourth-order valence-electron chi connectivity index (χ4n) is 8.94. The van der Waals surface area contributed by atoms with Crippen molar-refractivity contribution in [3.05, 3.63) is 36.5 Å². The molecule has 0 aromatic rings. The molecule has 0 aromatic heterocycles. The molecule has 0 aromatic carbocycles. The first-order valence-electron chi connectivity index (χ1n) is 29.3. The van der Waals surface area contributed by atoms with Crippen LogP contribution >= 0.6 is 0 Å². The van der Waals surface area contributed by atoms with Gasteiger partial charge in [0.05, 0.1) is 25.4 Å². The van der Waals surface area contributed by atoms with Gasteiger partial charge in [-0.1, -0.05) is 281 Å². The Morgan fingerprint density at radius 1 is 0.424 bits per heavy atom. The summed E-state index contributed by atoms with van der Waals surface area (Å²) in [5, 5.41) is 23.1. The number of hydrogen-bond acceptors (Lipinski definition) is 5. The topological polar surface area (TPSA) is 95.9 Å². The van der Waals surface area contributed by atoms with Crippen LogP contribution in [0.3, 0.4) is 0 Å². The average Bonchev–Trinajstić information content (AvgIpc) is 3.32. The highest BCUT2D eigenvalue weighted by Gasteiger charge is 2.18. The van der Waals surface area contributed by atoms with Crippen LogP contribution in [-0.4, -0.2) is 47.4 Å². The van der Waals surface area contributed by atoms with E-state index in [0.717, 1.165) is 51.4 Å². The molecule has 0 saturated heterocycles. The molecule has 0 spiro atoms. The highest BCUT2D eigenvalue weighted by molar-refractivity contribution is 5.76. The molecular formula is C60H113NO5. The minimum Gasteiger partial charge on any atom is -0.465 e. The Balaban J connectivity index is 3.47. The second kappa shape index (κ2) is 55.7. The Kier molecular flexibility index (Phi) is 54.1. The minimum atomic E-state index is -0.847. The Morgan fingerprint density at radius 3 is 1.15 bits per heavy atom. The number of rotatable bonds is 54. The second-order valence-corrected chi connectivity index (χ2v) is 20.0. The van der Waals surface area contributed by atoms with Crippen LogP contribution in [0.4, 0.5) is 0 Å². The lowest BCUT2D eigenvalue weighted by Crippen LogP contribution is -2.45. The first kappa shape index (κ1) is 64.1. The van der Waals surface area contributed by atoms with Gasteiger partial charge in [-0.05, 0) is 51.4 Å². The predicted octanol–water partition coefficient (Wildman–Crippen LogP) is 18.0. The summed E-state index contributed by atoms with van der Waals surface area (Å²) < 4.78 is 5.41. The summed E-state index contributed by atoms with van der Waals surface area (Å²) in [6.45, 7) is 4.80.